The lowest BCUT2D eigenvalue weighted by Crippen LogP contribution is -2.27. The van der Waals surface area contributed by atoms with Gasteiger partial charge < -0.3 is 0 Å². The first-order valence-corrected chi connectivity index (χ1v) is 6.53. The van der Waals surface area contributed by atoms with Crippen LogP contribution in [0.25, 0.3) is 6.08 Å². The van der Waals surface area contributed by atoms with Gasteiger partial charge in [-0.2, -0.15) is 0 Å². The number of amides is 1. The second-order valence-corrected chi connectivity index (χ2v) is 5.31. The Bertz CT molecular complexity index is 511. The smallest absolute Gasteiger partial charge is 0.266 e. The van der Waals surface area contributed by atoms with Crippen LogP contribution in [0.2, 0.25) is 0 Å². The summed E-state index contributed by atoms with van der Waals surface area (Å²) in [6.45, 7) is 4.45. The Labute approximate surface area is 110 Å². The Morgan fingerprint density at radius 1 is 1.53 bits per heavy atom. The number of thioether (sulfide) groups is 1. The molecule has 1 aromatic rings. The lowest BCUT2D eigenvalue weighted by Gasteiger charge is -2.09. The molecule has 1 aliphatic rings. The fourth-order valence-corrected chi connectivity index (χ4v) is 2.92. The zero-order chi connectivity index (χ0) is 12.4. The molecule has 1 amide bonds. The molecule has 88 valence electrons. The first kappa shape index (κ1) is 12.3. The lowest BCUT2D eigenvalue weighted by molar-refractivity contribution is -0.121. The number of thiocarbonyl (C=S) groups is 1. The number of likely N-dealkylation sites (N-methyl/N-ethyl adjacent to an activating group) is 1. The Morgan fingerprint density at radius 3 is 2.88 bits per heavy atom. The van der Waals surface area contributed by atoms with Crippen LogP contribution >= 0.6 is 24.0 Å². The van der Waals surface area contributed by atoms with Crippen LogP contribution in [0.4, 0.5) is 0 Å². The molecule has 17 heavy (non-hydrogen) atoms. The van der Waals surface area contributed by atoms with Crippen LogP contribution in [-0.2, 0) is 4.79 Å². The molecular formula is C12H12N2OS2. The standard InChI is InChI=1S/C12H12N2OS2/c1-3-14-11(15)10(17-12(14)16)7-9-6-4-5-8(2)13-9/h4-7H,3H2,1-2H3/b10-7+. The predicted molar refractivity (Wildman–Crippen MR) is 74.5 cm³/mol. The summed E-state index contributed by atoms with van der Waals surface area (Å²) in [6.07, 6.45) is 1.79. The fraction of sp³-hybridized carbons (Fsp3) is 0.250. The van der Waals surface area contributed by atoms with Crippen molar-refractivity contribution in [2.24, 2.45) is 0 Å². The molecule has 0 N–H and O–H groups in total. The van der Waals surface area contributed by atoms with Crippen LogP contribution < -0.4 is 0 Å². The van der Waals surface area contributed by atoms with Crippen LogP contribution in [0.3, 0.4) is 0 Å². The highest BCUT2D eigenvalue weighted by atomic mass is 32.2. The molecule has 0 aromatic carbocycles. The van der Waals surface area contributed by atoms with E-state index in [1.807, 2.05) is 32.0 Å². The highest BCUT2D eigenvalue weighted by Gasteiger charge is 2.30. The minimum atomic E-state index is -0.0224. The summed E-state index contributed by atoms with van der Waals surface area (Å²) in [6, 6.07) is 5.73. The predicted octanol–water partition coefficient (Wildman–Crippen LogP) is 2.61. The molecule has 3 nitrogen and oxygen atoms in total. The molecule has 0 bridgehead atoms. The van der Waals surface area contributed by atoms with Gasteiger partial charge in [-0.15, -0.1) is 0 Å². The number of nitrogens with zero attached hydrogens (tertiary/aromatic N) is 2. The maximum absolute atomic E-state index is 12.0. The minimum absolute atomic E-state index is 0.0224. The van der Waals surface area contributed by atoms with E-state index in [0.29, 0.717) is 15.8 Å². The molecule has 0 saturated carbocycles. The van der Waals surface area contributed by atoms with Gasteiger partial charge in [-0.25, -0.2) is 0 Å². The molecule has 2 rings (SSSR count). The van der Waals surface area contributed by atoms with Gasteiger partial charge >= 0.3 is 0 Å². The lowest BCUT2D eigenvalue weighted by atomic mass is 10.3. The molecular weight excluding hydrogens is 252 g/mol. The zero-order valence-corrected chi connectivity index (χ0v) is 11.3. The average molecular weight is 264 g/mol. The molecule has 0 spiro atoms. The number of aryl methyl sites for hydroxylation is 1. The van der Waals surface area contributed by atoms with Crippen LogP contribution in [0.5, 0.6) is 0 Å². The van der Waals surface area contributed by atoms with Crippen molar-refractivity contribution in [2.75, 3.05) is 6.54 Å². The highest BCUT2D eigenvalue weighted by Crippen LogP contribution is 2.31. The van der Waals surface area contributed by atoms with Crippen molar-refractivity contribution in [1.82, 2.24) is 9.88 Å². The zero-order valence-electron chi connectivity index (χ0n) is 9.64. The number of pyridine rings is 1. The van der Waals surface area contributed by atoms with Gasteiger partial charge in [-0.1, -0.05) is 30.0 Å². The Morgan fingerprint density at radius 2 is 2.29 bits per heavy atom. The van der Waals surface area contributed by atoms with Crippen molar-refractivity contribution in [3.8, 4) is 0 Å². The second-order valence-electron chi connectivity index (χ2n) is 3.63. The molecule has 1 aliphatic heterocycles. The third-order valence-electron chi connectivity index (χ3n) is 2.38. The molecule has 0 unspecified atom stereocenters. The summed E-state index contributed by atoms with van der Waals surface area (Å²) < 4.78 is 0.622. The van der Waals surface area contributed by atoms with Gasteiger partial charge in [0.15, 0.2) is 0 Å². The van der Waals surface area contributed by atoms with E-state index in [0.717, 1.165) is 11.4 Å². The SMILES string of the molecule is CCN1C(=O)/C(=C\c2cccc(C)n2)SC1=S. The molecule has 1 aromatic heterocycles. The highest BCUT2D eigenvalue weighted by molar-refractivity contribution is 8.26. The fourth-order valence-electron chi connectivity index (χ4n) is 1.55. The molecule has 0 aliphatic carbocycles. The quantitative estimate of drug-likeness (QED) is 0.607. The average Bonchev–Trinajstić information content (AvgIpc) is 2.54. The third-order valence-corrected chi connectivity index (χ3v) is 3.76. The van der Waals surface area contributed by atoms with Gasteiger partial charge in [0.2, 0.25) is 0 Å². The summed E-state index contributed by atoms with van der Waals surface area (Å²) in [4.78, 5) is 18.5. The van der Waals surface area contributed by atoms with Crippen LogP contribution in [-0.4, -0.2) is 26.7 Å². The maximum Gasteiger partial charge on any atom is 0.266 e. The molecule has 0 atom stereocenters. The Hall–Kier alpha value is -1.20. The number of hydrogen-bond donors (Lipinski definition) is 0. The number of carbonyl (C=O) groups excluding carboxylic acids is 1. The van der Waals surface area contributed by atoms with E-state index >= 15 is 0 Å². The van der Waals surface area contributed by atoms with Gasteiger partial charge in [-0.05, 0) is 32.1 Å². The van der Waals surface area contributed by atoms with Crippen molar-refractivity contribution in [3.63, 3.8) is 0 Å². The topological polar surface area (TPSA) is 33.2 Å². The monoisotopic (exact) mass is 264 g/mol. The van der Waals surface area contributed by atoms with Gasteiger partial charge in [0, 0.05) is 12.2 Å². The first-order chi connectivity index (χ1) is 8.11. The van der Waals surface area contributed by atoms with Crippen molar-refractivity contribution in [2.45, 2.75) is 13.8 Å². The minimum Gasteiger partial charge on any atom is -0.293 e. The molecule has 1 fully saturated rings. The molecule has 5 heteroatoms. The number of rotatable bonds is 2. The van der Waals surface area contributed by atoms with Gasteiger partial charge in [0.1, 0.15) is 4.32 Å². The van der Waals surface area contributed by atoms with E-state index in [2.05, 4.69) is 4.98 Å². The van der Waals surface area contributed by atoms with Crippen LogP contribution in [0, 0.1) is 6.92 Å². The molecule has 2 heterocycles. The maximum atomic E-state index is 12.0. The third kappa shape index (κ3) is 2.56. The van der Waals surface area contributed by atoms with E-state index in [1.54, 1.807) is 11.0 Å². The van der Waals surface area contributed by atoms with Gasteiger partial charge in [0.05, 0.1) is 10.6 Å². The summed E-state index contributed by atoms with van der Waals surface area (Å²) in [7, 11) is 0. The summed E-state index contributed by atoms with van der Waals surface area (Å²) in [5, 5.41) is 0. The number of aromatic nitrogens is 1. The molecule has 1 saturated heterocycles. The van der Waals surface area contributed by atoms with Crippen molar-refractivity contribution < 1.29 is 4.79 Å². The largest absolute Gasteiger partial charge is 0.293 e. The summed E-state index contributed by atoms with van der Waals surface area (Å²) >= 11 is 6.48. The first-order valence-electron chi connectivity index (χ1n) is 5.31. The van der Waals surface area contributed by atoms with Gasteiger partial charge in [-0.3, -0.25) is 14.7 Å². The van der Waals surface area contributed by atoms with Crippen molar-refractivity contribution in [1.29, 1.82) is 0 Å². The number of carbonyl (C=O) groups is 1. The summed E-state index contributed by atoms with van der Waals surface area (Å²) in [5.74, 6) is -0.0224. The number of hydrogen-bond acceptors (Lipinski definition) is 4. The van der Waals surface area contributed by atoms with E-state index in [4.69, 9.17) is 12.2 Å². The summed E-state index contributed by atoms with van der Waals surface area (Å²) in [5.41, 5.74) is 1.73. The van der Waals surface area contributed by atoms with Crippen LogP contribution in [0.15, 0.2) is 23.1 Å². The van der Waals surface area contributed by atoms with E-state index in [9.17, 15) is 4.79 Å². The van der Waals surface area contributed by atoms with E-state index in [1.165, 1.54) is 11.8 Å². The van der Waals surface area contributed by atoms with E-state index in [-0.39, 0.29) is 5.91 Å². The Kier molecular flexibility index (Phi) is 3.59. The Balaban J connectivity index is 2.30. The van der Waals surface area contributed by atoms with E-state index < -0.39 is 0 Å². The van der Waals surface area contributed by atoms with Crippen LogP contribution in [0.1, 0.15) is 18.3 Å². The molecule has 0 radical (unpaired) electrons. The normalized spacial score (nSPS) is 18.2. The van der Waals surface area contributed by atoms with Gasteiger partial charge in [0.25, 0.3) is 5.91 Å². The van der Waals surface area contributed by atoms with Crippen molar-refractivity contribution >= 4 is 40.3 Å². The van der Waals surface area contributed by atoms with Crippen molar-refractivity contribution in [3.05, 3.63) is 34.5 Å². The second kappa shape index (κ2) is 4.98.